The molecule has 0 heterocycles. The molecule has 0 rings (SSSR count). The Bertz CT molecular complexity index is 59.8. The van der Waals surface area contributed by atoms with Crippen LogP contribution >= 0.6 is 0 Å². The van der Waals surface area contributed by atoms with Gasteiger partial charge in [-0.1, -0.05) is 0 Å². The molecule has 0 saturated heterocycles. The van der Waals surface area contributed by atoms with Gasteiger partial charge in [0.05, 0.1) is 0 Å². The summed E-state index contributed by atoms with van der Waals surface area (Å²) < 4.78 is 0. The van der Waals surface area contributed by atoms with E-state index in [2.05, 4.69) is 0 Å². The molecular weight excluding hydrogens is 157 g/mol. The second kappa shape index (κ2) is 5.44. The van der Waals surface area contributed by atoms with E-state index in [0.717, 1.165) is 13.2 Å². The van der Waals surface area contributed by atoms with Crippen LogP contribution in [0, 0.1) is 0 Å². The first-order valence-electron chi connectivity index (χ1n) is 1.16. The summed E-state index contributed by atoms with van der Waals surface area (Å²) in [5.41, 5.74) is 0. The van der Waals surface area contributed by atoms with Gasteiger partial charge in [0.15, 0.2) is 0 Å². The van der Waals surface area contributed by atoms with Crippen LogP contribution < -0.4 is 0 Å². The SMILES string of the molecule is CC(=O)[C-]=O.[Y+3]. The number of hydrogen-bond acceptors (Lipinski definition) is 2. The summed E-state index contributed by atoms with van der Waals surface area (Å²) in [7, 11) is 0. The van der Waals surface area contributed by atoms with Gasteiger partial charge in [0, 0.05) is 5.78 Å². The monoisotopic (exact) mass is 160 g/mol. The summed E-state index contributed by atoms with van der Waals surface area (Å²) >= 11 is 0. The van der Waals surface area contributed by atoms with Crippen LogP contribution in [0.4, 0.5) is 0 Å². The van der Waals surface area contributed by atoms with Gasteiger partial charge in [-0.2, -0.15) is 6.29 Å². The second-order valence-corrected chi connectivity index (χ2v) is 0.658. The van der Waals surface area contributed by atoms with Gasteiger partial charge in [0.2, 0.25) is 0 Å². The molecule has 0 aromatic rings. The van der Waals surface area contributed by atoms with Crippen LogP contribution in [0.5, 0.6) is 0 Å². The Balaban J connectivity index is 0. The van der Waals surface area contributed by atoms with Gasteiger partial charge in [0.25, 0.3) is 0 Å². The van der Waals surface area contributed by atoms with Crippen LogP contribution in [0.1, 0.15) is 6.92 Å². The summed E-state index contributed by atoms with van der Waals surface area (Å²) in [5.74, 6) is -0.551. The molecule has 6 heavy (non-hydrogen) atoms. The molecule has 0 bridgehead atoms. The molecule has 0 fully saturated rings. The quantitative estimate of drug-likeness (QED) is 0.389. The van der Waals surface area contributed by atoms with E-state index in [9.17, 15) is 4.79 Å². The average Bonchev–Trinajstić information content (AvgIpc) is 1.38. The van der Waals surface area contributed by atoms with Crippen molar-refractivity contribution in [1.29, 1.82) is 0 Å². The molecule has 0 aliphatic carbocycles. The van der Waals surface area contributed by atoms with Crippen LogP contribution in [0.3, 0.4) is 0 Å². The van der Waals surface area contributed by atoms with E-state index in [1.165, 1.54) is 0 Å². The molecule has 0 radical (unpaired) electrons. The fourth-order valence-corrected chi connectivity index (χ4v) is 0. The van der Waals surface area contributed by atoms with Gasteiger partial charge in [-0.15, -0.1) is 0 Å². The Kier molecular flexibility index (Phi) is 8.77. The molecule has 0 saturated carbocycles. The molecule has 3 heteroatoms. The zero-order valence-electron chi connectivity index (χ0n) is 3.39. The first-order valence-corrected chi connectivity index (χ1v) is 1.16. The largest absolute Gasteiger partial charge is 3.00 e. The molecular formula is C3H3O2Y+2. The molecule has 0 aromatic carbocycles. The van der Waals surface area contributed by atoms with Crippen LogP contribution in [0.25, 0.3) is 0 Å². The van der Waals surface area contributed by atoms with Crippen molar-refractivity contribution in [2.75, 3.05) is 0 Å². The predicted molar refractivity (Wildman–Crippen MR) is 16.4 cm³/mol. The smallest absolute Gasteiger partial charge is 0.534 e. The third-order valence-electron chi connectivity index (χ3n) is 0.144. The number of carbonyl (C=O) groups excluding carboxylic acids is 2. The van der Waals surface area contributed by atoms with Gasteiger partial charge in [-0.05, 0) is 6.92 Å². The average molecular weight is 160 g/mol. The van der Waals surface area contributed by atoms with Gasteiger partial charge < -0.3 is 9.59 Å². The maximum Gasteiger partial charge on any atom is 3.00 e. The van der Waals surface area contributed by atoms with Crippen LogP contribution in [-0.4, -0.2) is 12.1 Å². The minimum Gasteiger partial charge on any atom is -0.534 e. The summed E-state index contributed by atoms with van der Waals surface area (Å²) in [5, 5.41) is 0. The summed E-state index contributed by atoms with van der Waals surface area (Å²) in [6.45, 7) is 1.16. The van der Waals surface area contributed by atoms with E-state index in [0.29, 0.717) is 0 Å². The summed E-state index contributed by atoms with van der Waals surface area (Å²) in [6.07, 6.45) is 1.14. The number of carbonyl (C=O) groups is 1. The maximum atomic E-state index is 9.39. The van der Waals surface area contributed by atoms with E-state index in [1.807, 2.05) is 0 Å². The van der Waals surface area contributed by atoms with Crippen LogP contribution in [0.15, 0.2) is 0 Å². The van der Waals surface area contributed by atoms with Gasteiger partial charge in [-0.25, -0.2) is 0 Å². The molecule has 0 spiro atoms. The minimum atomic E-state index is -0.551. The third-order valence-corrected chi connectivity index (χ3v) is 0.144. The zero-order chi connectivity index (χ0) is 4.28. The normalized spacial score (nSPS) is 5.50. The molecule has 0 aliphatic rings. The topological polar surface area (TPSA) is 34.1 Å². The standard InChI is InChI=1S/C3H3O2.Y/c1-3(5)2-4;/h1H3;/q-1;+3. The first-order chi connectivity index (χ1) is 2.27. The van der Waals surface area contributed by atoms with E-state index in [1.54, 1.807) is 0 Å². The Morgan fingerprint density at radius 2 is 1.83 bits per heavy atom. The molecule has 0 amide bonds. The van der Waals surface area contributed by atoms with Crippen LogP contribution in [0.2, 0.25) is 0 Å². The van der Waals surface area contributed by atoms with Crippen molar-refractivity contribution in [2.45, 2.75) is 6.92 Å². The predicted octanol–water partition coefficient (Wildman–Crippen LogP) is -0.317. The summed E-state index contributed by atoms with van der Waals surface area (Å²) in [6, 6.07) is 0. The number of rotatable bonds is 1. The minimum absolute atomic E-state index is 0. The van der Waals surface area contributed by atoms with Gasteiger partial charge in [0.1, 0.15) is 0 Å². The van der Waals surface area contributed by atoms with Crippen LogP contribution in [-0.2, 0) is 42.3 Å². The Labute approximate surface area is 61.2 Å². The van der Waals surface area contributed by atoms with E-state index in [4.69, 9.17) is 4.79 Å². The Hall–Kier alpha value is 0.444. The van der Waals surface area contributed by atoms with Crippen molar-refractivity contribution in [3.63, 3.8) is 0 Å². The summed E-state index contributed by atoms with van der Waals surface area (Å²) in [4.78, 5) is 18.4. The van der Waals surface area contributed by atoms with E-state index >= 15 is 0 Å². The van der Waals surface area contributed by atoms with Crippen molar-refractivity contribution in [3.05, 3.63) is 0 Å². The van der Waals surface area contributed by atoms with Crippen molar-refractivity contribution in [3.8, 4) is 0 Å². The number of Topliss-reactive ketones (excluding diaryl/α,β-unsaturated/α-hetero) is 1. The van der Waals surface area contributed by atoms with E-state index in [-0.39, 0.29) is 32.7 Å². The van der Waals surface area contributed by atoms with E-state index < -0.39 is 5.78 Å². The van der Waals surface area contributed by atoms with Gasteiger partial charge in [-0.3, -0.25) is 0 Å². The maximum absolute atomic E-state index is 9.39. The molecule has 0 aliphatic heterocycles. The zero-order valence-corrected chi connectivity index (χ0v) is 6.23. The van der Waals surface area contributed by atoms with Crippen molar-refractivity contribution in [1.82, 2.24) is 0 Å². The molecule has 0 N–H and O–H groups in total. The van der Waals surface area contributed by atoms with Crippen molar-refractivity contribution in [2.24, 2.45) is 0 Å². The molecule has 2 nitrogen and oxygen atoms in total. The fraction of sp³-hybridized carbons (Fsp3) is 0.333. The molecule has 28 valence electrons. The molecule has 0 unspecified atom stereocenters. The number of hydrogen-bond donors (Lipinski definition) is 0. The second-order valence-electron chi connectivity index (χ2n) is 0.658. The molecule has 0 aromatic heterocycles. The molecule has 0 atom stereocenters. The van der Waals surface area contributed by atoms with Gasteiger partial charge >= 0.3 is 32.7 Å². The van der Waals surface area contributed by atoms with Crippen molar-refractivity contribution < 1.29 is 42.3 Å². The fourth-order valence-electron chi connectivity index (χ4n) is 0. The Morgan fingerprint density at radius 1 is 1.67 bits per heavy atom. The first kappa shape index (κ1) is 9.67. The van der Waals surface area contributed by atoms with Crippen molar-refractivity contribution >= 4 is 12.1 Å². The third kappa shape index (κ3) is 8.82. The number of ketones is 1. The Morgan fingerprint density at radius 3 is 1.83 bits per heavy atom.